The molecule has 0 bridgehead atoms. The highest BCUT2D eigenvalue weighted by Crippen LogP contribution is 2.35. The number of hydrogen-bond donors (Lipinski definition) is 0. The first-order valence-corrected chi connectivity index (χ1v) is 9.86. The third-order valence-corrected chi connectivity index (χ3v) is 6.53. The second kappa shape index (κ2) is 6.28. The minimum absolute atomic E-state index is 0.265. The van der Waals surface area contributed by atoms with Crippen molar-refractivity contribution in [1.82, 2.24) is 4.98 Å². The van der Waals surface area contributed by atoms with Crippen molar-refractivity contribution in [2.24, 2.45) is 5.92 Å². The monoisotopic (exact) mass is 368 g/mol. The number of rotatable bonds is 4. The maximum atomic E-state index is 12.6. The van der Waals surface area contributed by atoms with Gasteiger partial charge in [0.15, 0.2) is 4.34 Å². The van der Waals surface area contributed by atoms with Gasteiger partial charge in [0.1, 0.15) is 0 Å². The Kier molecular flexibility index (Phi) is 4.09. The molecule has 1 aliphatic rings. The van der Waals surface area contributed by atoms with Gasteiger partial charge in [-0.3, -0.25) is 9.59 Å². The molecule has 2 aromatic carbocycles. The normalized spacial score (nSPS) is 14.0. The summed E-state index contributed by atoms with van der Waals surface area (Å²) in [4.78, 5) is 31.1. The number of hydrogen-bond acceptors (Lipinski definition) is 5. The van der Waals surface area contributed by atoms with Crippen molar-refractivity contribution < 1.29 is 9.59 Å². The Morgan fingerprint density at radius 2 is 1.76 bits per heavy atom. The summed E-state index contributed by atoms with van der Waals surface area (Å²) in [5.41, 5.74) is 2.43. The van der Waals surface area contributed by atoms with Crippen LogP contribution in [0.3, 0.4) is 0 Å². The predicted octanol–water partition coefficient (Wildman–Crippen LogP) is 4.85. The Hall–Kier alpha value is -2.18. The van der Waals surface area contributed by atoms with Crippen molar-refractivity contribution in [2.75, 3.05) is 10.7 Å². The van der Waals surface area contributed by atoms with Gasteiger partial charge in [-0.05, 0) is 36.2 Å². The first-order valence-electron chi connectivity index (χ1n) is 8.06. The molecule has 1 aromatic heterocycles. The van der Waals surface area contributed by atoms with E-state index in [0.29, 0.717) is 22.7 Å². The Bertz CT molecular complexity index is 959. The van der Waals surface area contributed by atoms with Crippen LogP contribution < -0.4 is 4.90 Å². The number of aromatic nitrogens is 1. The molecule has 0 saturated heterocycles. The average molecular weight is 368 g/mol. The number of amides is 2. The quantitative estimate of drug-likeness (QED) is 0.488. The Morgan fingerprint density at radius 1 is 1.08 bits per heavy atom. The van der Waals surface area contributed by atoms with Crippen molar-refractivity contribution >= 4 is 50.8 Å². The number of benzene rings is 2. The van der Waals surface area contributed by atoms with Crippen LogP contribution in [0.2, 0.25) is 0 Å². The van der Waals surface area contributed by atoms with Gasteiger partial charge in [0, 0.05) is 5.75 Å². The molecular weight excluding hydrogens is 352 g/mol. The molecular formula is C19H16N2O2S2. The van der Waals surface area contributed by atoms with E-state index in [2.05, 4.69) is 18.8 Å². The van der Waals surface area contributed by atoms with E-state index in [-0.39, 0.29) is 11.8 Å². The van der Waals surface area contributed by atoms with E-state index in [9.17, 15) is 9.59 Å². The SMILES string of the molecule is CC(C)CSc1nc2ccc(N3C(=O)c4ccccc4C3=O)cc2s1. The van der Waals surface area contributed by atoms with E-state index in [1.165, 1.54) is 4.90 Å². The molecule has 0 unspecified atom stereocenters. The summed E-state index contributed by atoms with van der Waals surface area (Å²) >= 11 is 3.34. The van der Waals surface area contributed by atoms with E-state index in [0.717, 1.165) is 20.3 Å². The summed E-state index contributed by atoms with van der Waals surface area (Å²) in [7, 11) is 0. The predicted molar refractivity (Wildman–Crippen MR) is 103 cm³/mol. The molecule has 0 aliphatic carbocycles. The second-order valence-electron chi connectivity index (χ2n) is 6.33. The van der Waals surface area contributed by atoms with Crippen LogP contribution in [-0.2, 0) is 0 Å². The minimum atomic E-state index is -0.265. The molecule has 4 rings (SSSR count). The highest BCUT2D eigenvalue weighted by Gasteiger charge is 2.36. The topological polar surface area (TPSA) is 50.3 Å². The number of carbonyl (C=O) groups excluding carboxylic acids is 2. The summed E-state index contributed by atoms with van der Waals surface area (Å²) in [5, 5.41) is 0. The lowest BCUT2D eigenvalue weighted by Crippen LogP contribution is -2.29. The van der Waals surface area contributed by atoms with E-state index in [1.807, 2.05) is 12.1 Å². The molecule has 0 spiro atoms. The van der Waals surface area contributed by atoms with E-state index in [4.69, 9.17) is 0 Å². The number of thiazole rings is 1. The van der Waals surface area contributed by atoms with Crippen molar-refractivity contribution in [2.45, 2.75) is 18.2 Å². The fraction of sp³-hybridized carbons (Fsp3) is 0.211. The molecule has 0 radical (unpaired) electrons. The number of carbonyl (C=O) groups is 2. The Balaban J connectivity index is 1.68. The van der Waals surface area contributed by atoms with Crippen LogP contribution in [0.1, 0.15) is 34.6 Å². The second-order valence-corrected chi connectivity index (χ2v) is 8.63. The highest BCUT2D eigenvalue weighted by molar-refractivity contribution is 8.01. The lowest BCUT2D eigenvalue weighted by molar-refractivity contribution is 0.0926. The van der Waals surface area contributed by atoms with E-state index >= 15 is 0 Å². The van der Waals surface area contributed by atoms with Crippen LogP contribution in [0.5, 0.6) is 0 Å². The Labute approximate surface area is 153 Å². The average Bonchev–Trinajstić information content (AvgIpc) is 3.12. The summed E-state index contributed by atoms with van der Waals surface area (Å²) in [6.45, 7) is 4.36. The number of fused-ring (bicyclic) bond motifs is 2. The number of nitrogens with zero attached hydrogens (tertiary/aromatic N) is 2. The maximum Gasteiger partial charge on any atom is 0.266 e. The van der Waals surface area contributed by atoms with Gasteiger partial charge >= 0.3 is 0 Å². The van der Waals surface area contributed by atoms with Crippen LogP contribution >= 0.6 is 23.1 Å². The van der Waals surface area contributed by atoms with Crippen molar-refractivity contribution in [3.8, 4) is 0 Å². The van der Waals surface area contributed by atoms with E-state index in [1.54, 1.807) is 53.4 Å². The largest absolute Gasteiger partial charge is 0.268 e. The fourth-order valence-corrected chi connectivity index (χ4v) is 4.83. The zero-order valence-corrected chi connectivity index (χ0v) is 15.5. The minimum Gasteiger partial charge on any atom is -0.268 e. The van der Waals surface area contributed by atoms with Gasteiger partial charge < -0.3 is 0 Å². The van der Waals surface area contributed by atoms with Crippen LogP contribution in [0, 0.1) is 5.92 Å². The lowest BCUT2D eigenvalue weighted by atomic mass is 10.1. The lowest BCUT2D eigenvalue weighted by Gasteiger charge is -2.13. The fourth-order valence-electron chi connectivity index (χ4n) is 2.75. The van der Waals surface area contributed by atoms with Crippen molar-refractivity contribution in [1.29, 1.82) is 0 Å². The van der Waals surface area contributed by atoms with Crippen LogP contribution in [0.15, 0.2) is 46.8 Å². The Morgan fingerprint density at radius 3 is 2.40 bits per heavy atom. The maximum absolute atomic E-state index is 12.6. The summed E-state index contributed by atoms with van der Waals surface area (Å²) < 4.78 is 2.00. The molecule has 1 aliphatic heterocycles. The van der Waals surface area contributed by atoms with Gasteiger partial charge in [-0.2, -0.15) is 0 Å². The molecule has 0 fully saturated rings. The molecule has 0 N–H and O–H groups in total. The van der Waals surface area contributed by atoms with Gasteiger partial charge in [0.05, 0.1) is 27.0 Å². The third-order valence-electron chi connectivity index (χ3n) is 3.94. The number of thioether (sulfide) groups is 1. The smallest absolute Gasteiger partial charge is 0.266 e. The summed E-state index contributed by atoms with van der Waals surface area (Å²) in [6.07, 6.45) is 0. The molecule has 4 nitrogen and oxygen atoms in total. The first-order chi connectivity index (χ1) is 12.0. The standard InChI is InChI=1S/C19H16N2O2S2/c1-11(2)10-24-19-20-15-8-7-12(9-16(15)25-19)21-17(22)13-5-3-4-6-14(13)18(21)23/h3-9,11H,10H2,1-2H3. The van der Waals surface area contributed by atoms with Gasteiger partial charge in [0.2, 0.25) is 0 Å². The van der Waals surface area contributed by atoms with Gasteiger partial charge in [-0.15, -0.1) is 11.3 Å². The van der Waals surface area contributed by atoms with Crippen molar-refractivity contribution in [3.63, 3.8) is 0 Å². The van der Waals surface area contributed by atoms with Gasteiger partial charge in [-0.1, -0.05) is 37.7 Å². The van der Waals surface area contributed by atoms with E-state index < -0.39 is 0 Å². The summed E-state index contributed by atoms with van der Waals surface area (Å²) in [6, 6.07) is 12.5. The van der Waals surface area contributed by atoms with Crippen LogP contribution in [0.4, 0.5) is 5.69 Å². The molecule has 2 amide bonds. The third kappa shape index (κ3) is 2.85. The zero-order chi connectivity index (χ0) is 17.6. The summed E-state index contributed by atoms with van der Waals surface area (Å²) in [5.74, 6) is 1.09. The van der Waals surface area contributed by atoms with Gasteiger partial charge in [0.25, 0.3) is 11.8 Å². The first kappa shape index (κ1) is 16.3. The number of imide groups is 1. The van der Waals surface area contributed by atoms with Crippen LogP contribution in [0.25, 0.3) is 10.2 Å². The zero-order valence-electron chi connectivity index (χ0n) is 13.9. The number of anilines is 1. The molecule has 0 atom stereocenters. The highest BCUT2D eigenvalue weighted by atomic mass is 32.2. The molecule has 6 heteroatoms. The molecule has 3 aromatic rings. The van der Waals surface area contributed by atoms with Crippen molar-refractivity contribution in [3.05, 3.63) is 53.6 Å². The molecule has 0 saturated carbocycles. The van der Waals surface area contributed by atoms with Gasteiger partial charge in [-0.25, -0.2) is 9.88 Å². The molecule has 25 heavy (non-hydrogen) atoms. The van der Waals surface area contributed by atoms with Crippen LogP contribution in [-0.4, -0.2) is 22.6 Å². The molecule has 2 heterocycles. The molecule has 126 valence electrons.